The molecule has 4 rings (SSSR count). The van der Waals surface area contributed by atoms with Gasteiger partial charge in [0, 0.05) is 114 Å². The molecule has 4 aromatic heterocycles. The molecule has 0 atom stereocenters. The summed E-state index contributed by atoms with van der Waals surface area (Å²) in [5.41, 5.74) is 5.13. The van der Waals surface area contributed by atoms with Gasteiger partial charge >= 0.3 is 0 Å². The zero-order valence-electron chi connectivity index (χ0n) is 72.9. The van der Waals surface area contributed by atoms with Crippen LogP contribution in [0.1, 0.15) is 390 Å². The molecular formula is C92H158N12. The molecule has 0 aromatic carbocycles. The molecule has 12 nitrogen and oxygen atoms in total. The maximum Gasteiger partial charge on any atom is 0.103 e. The molecule has 0 aliphatic heterocycles. The van der Waals surface area contributed by atoms with E-state index < -0.39 is 0 Å². The second-order valence-corrected chi connectivity index (χ2v) is 34.5. The average Bonchev–Trinajstić information content (AvgIpc) is 1.80. The minimum Gasteiger partial charge on any atom is -0.252 e. The highest BCUT2D eigenvalue weighted by molar-refractivity contribution is 5.11. The van der Waals surface area contributed by atoms with E-state index in [1.165, 1.54) is 116 Å². The summed E-state index contributed by atoms with van der Waals surface area (Å²) in [6, 6.07) is 0. The van der Waals surface area contributed by atoms with E-state index in [1.54, 1.807) is 4.68 Å². The zero-order valence-corrected chi connectivity index (χ0v) is 72.9. The molecule has 586 valence electrons. The van der Waals surface area contributed by atoms with Gasteiger partial charge in [-0.05, 0) is 210 Å². The molecular weight excluding hydrogens is 1270 g/mol. The Morgan fingerprint density at radius 1 is 0.231 bits per heavy atom. The summed E-state index contributed by atoms with van der Waals surface area (Å²) in [6.45, 7) is 63.4. The number of hydrogen-bond donors (Lipinski definition) is 0. The van der Waals surface area contributed by atoms with Crippen molar-refractivity contribution in [3.63, 3.8) is 0 Å². The van der Waals surface area contributed by atoms with E-state index >= 15 is 0 Å². The first-order valence-corrected chi connectivity index (χ1v) is 40.8. The SMILES string of the molecule is CCCCCCCC#CC(C)(C)C.CCCCCCCCC#CC(C)(C)C.CCCCCCCCCC#CC(C)(C)C.CCc1cn(CC#CC(C)(C)C)nn1.CCc1cn(CCC#CC(C)(C)C)nn1.CCc1cn(CCCC#CC(C)(C)C)nn1.CCc1cn(CCCCC#CC(C)(C)C)nn1. The Hall–Kier alpha value is -6.52. The number of hydrogen-bond acceptors (Lipinski definition) is 8. The minimum atomic E-state index is 0.0637. The number of aryl methyl sites for hydroxylation is 7. The van der Waals surface area contributed by atoms with Crippen LogP contribution in [0, 0.1) is 121 Å². The van der Waals surface area contributed by atoms with E-state index in [1.807, 2.05) is 38.8 Å². The van der Waals surface area contributed by atoms with Crippen LogP contribution in [0.5, 0.6) is 0 Å². The number of nitrogens with zero attached hydrogens (tertiary/aromatic N) is 12. The van der Waals surface area contributed by atoms with Gasteiger partial charge < -0.3 is 0 Å². The average molecular weight is 1430 g/mol. The second-order valence-electron chi connectivity index (χ2n) is 34.5. The van der Waals surface area contributed by atoms with Crippen molar-refractivity contribution in [2.75, 3.05) is 0 Å². The fraction of sp³-hybridized carbons (Fsp3) is 0.761. The van der Waals surface area contributed by atoms with E-state index in [-0.39, 0.29) is 37.9 Å². The molecule has 104 heavy (non-hydrogen) atoms. The van der Waals surface area contributed by atoms with Crippen molar-refractivity contribution in [1.29, 1.82) is 0 Å². The Morgan fingerprint density at radius 3 is 0.712 bits per heavy atom. The normalized spacial score (nSPS) is 10.9. The molecule has 0 radical (unpaired) electrons. The van der Waals surface area contributed by atoms with E-state index in [2.05, 4.69) is 318 Å². The van der Waals surface area contributed by atoms with Crippen LogP contribution in [-0.4, -0.2) is 60.0 Å². The van der Waals surface area contributed by atoms with Gasteiger partial charge in [0.1, 0.15) is 6.54 Å². The topological polar surface area (TPSA) is 123 Å². The van der Waals surface area contributed by atoms with Crippen LogP contribution < -0.4 is 0 Å². The van der Waals surface area contributed by atoms with Crippen LogP contribution in [-0.2, 0) is 51.9 Å². The minimum absolute atomic E-state index is 0.0637. The summed E-state index contributed by atoms with van der Waals surface area (Å²) in [4.78, 5) is 0. The lowest BCUT2D eigenvalue weighted by Gasteiger charge is -2.06. The Bertz CT molecular complexity index is 3190. The third-order valence-corrected chi connectivity index (χ3v) is 14.3. The lowest BCUT2D eigenvalue weighted by molar-refractivity contribution is 0.543. The molecule has 0 saturated heterocycles. The van der Waals surface area contributed by atoms with Crippen LogP contribution in [0.25, 0.3) is 0 Å². The van der Waals surface area contributed by atoms with Crippen molar-refractivity contribution in [2.24, 2.45) is 37.9 Å². The van der Waals surface area contributed by atoms with Crippen molar-refractivity contribution < 1.29 is 0 Å². The molecule has 0 saturated carbocycles. The quantitative estimate of drug-likeness (QED) is 0.0350. The van der Waals surface area contributed by atoms with E-state index in [0.717, 1.165) is 126 Å². The first-order chi connectivity index (χ1) is 48.7. The third kappa shape index (κ3) is 78.1. The van der Waals surface area contributed by atoms with E-state index in [4.69, 9.17) is 0 Å². The Balaban J connectivity index is -0.00000115. The van der Waals surface area contributed by atoms with Crippen molar-refractivity contribution in [3.8, 4) is 82.9 Å². The largest absolute Gasteiger partial charge is 0.252 e. The molecule has 0 bridgehead atoms. The van der Waals surface area contributed by atoms with Gasteiger partial charge in [-0.1, -0.05) is 213 Å². The number of rotatable bonds is 32. The number of unbranched alkanes of at least 4 members (excludes halogenated alkanes) is 21. The van der Waals surface area contributed by atoms with Crippen LogP contribution in [0.4, 0.5) is 0 Å². The van der Waals surface area contributed by atoms with Crippen molar-refractivity contribution in [3.05, 3.63) is 47.6 Å². The molecule has 4 aromatic rings. The van der Waals surface area contributed by atoms with Gasteiger partial charge in [0.2, 0.25) is 0 Å². The molecule has 0 N–H and O–H groups in total. The molecule has 0 aliphatic rings. The van der Waals surface area contributed by atoms with Gasteiger partial charge in [-0.3, -0.25) is 14.0 Å². The van der Waals surface area contributed by atoms with Gasteiger partial charge in [-0.2, -0.15) is 0 Å². The standard InChI is InChI=1S/C15H28.C14H23N3.C14H26.C13H21N3.C13H24.C12H19N3.C11H17N3/c1-5-6-7-8-9-10-11-12-13-14-15(2,3)4;1-5-13-12-17(16-15-13)11-9-7-6-8-10-14(2,3)4;1-5-6-7-8-9-10-11-12-13-14(2,3)4;1-5-12-11-16(15-14-12)10-8-6-7-9-13(2,3)4;1-5-6-7-8-9-10-11-12-13(2,3)4;1-5-11-10-15(14-13-11)9-7-6-8-12(2,3)4;1-5-10-9-14(13-12-10)8-6-7-11(2,3)4/h5-12H2,1-4H3;12H,5-7,9,11H2,1-4H3;5-11H2,1-4H3;11H,5-6,8,10H2,1-4H3;5-10H2,1-4H3;10H,5,7,9H2,1-4H3;9H,5,8H2,1-4H3. The monoisotopic (exact) mass is 1430 g/mol. The van der Waals surface area contributed by atoms with Gasteiger partial charge in [0.05, 0.1) is 29.3 Å². The highest BCUT2D eigenvalue weighted by atomic mass is 15.4. The molecule has 0 fully saturated rings. The zero-order chi connectivity index (χ0) is 79.3. The van der Waals surface area contributed by atoms with Crippen LogP contribution in [0.3, 0.4) is 0 Å². The molecule has 0 amide bonds. The molecule has 0 spiro atoms. The first kappa shape index (κ1) is 102. The third-order valence-electron chi connectivity index (χ3n) is 14.3. The lowest BCUT2D eigenvalue weighted by Crippen LogP contribution is -2.01. The fourth-order valence-corrected chi connectivity index (χ4v) is 8.73. The molecule has 4 heterocycles. The Labute approximate surface area is 643 Å². The maximum absolute atomic E-state index is 4.07. The first-order valence-electron chi connectivity index (χ1n) is 40.8. The van der Waals surface area contributed by atoms with E-state index in [0.29, 0.717) is 6.54 Å². The van der Waals surface area contributed by atoms with Gasteiger partial charge in [0.25, 0.3) is 0 Å². The molecule has 0 unspecified atom stereocenters. The van der Waals surface area contributed by atoms with Crippen molar-refractivity contribution in [2.45, 2.75) is 419 Å². The summed E-state index contributed by atoms with van der Waals surface area (Å²) in [6.07, 6.45) is 45.6. The number of aromatic nitrogens is 12. The summed E-state index contributed by atoms with van der Waals surface area (Å²) in [5, 5.41) is 32.3. The van der Waals surface area contributed by atoms with Crippen LogP contribution >= 0.6 is 0 Å². The predicted octanol–water partition coefficient (Wildman–Crippen LogP) is 24.3. The van der Waals surface area contributed by atoms with Crippen LogP contribution in [0.2, 0.25) is 0 Å². The predicted molar refractivity (Wildman–Crippen MR) is 450 cm³/mol. The Morgan fingerprint density at radius 2 is 0.442 bits per heavy atom. The summed E-state index contributed by atoms with van der Waals surface area (Å²) in [7, 11) is 0. The fourth-order valence-electron chi connectivity index (χ4n) is 8.73. The van der Waals surface area contributed by atoms with E-state index in [9.17, 15) is 0 Å². The maximum atomic E-state index is 4.07. The van der Waals surface area contributed by atoms with Crippen molar-refractivity contribution in [1.82, 2.24) is 60.0 Å². The van der Waals surface area contributed by atoms with Gasteiger partial charge in [0.15, 0.2) is 0 Å². The van der Waals surface area contributed by atoms with Gasteiger partial charge in [-0.15, -0.1) is 55.9 Å². The second kappa shape index (κ2) is 60.6. The summed E-state index contributed by atoms with van der Waals surface area (Å²) < 4.78 is 7.46. The molecule has 12 heteroatoms. The van der Waals surface area contributed by atoms with Crippen molar-refractivity contribution >= 4 is 0 Å². The summed E-state index contributed by atoms with van der Waals surface area (Å²) in [5.74, 6) is 45.1. The molecule has 0 aliphatic carbocycles. The van der Waals surface area contributed by atoms with Crippen LogP contribution in [0.15, 0.2) is 24.8 Å². The lowest BCUT2D eigenvalue weighted by atomic mass is 9.97. The van der Waals surface area contributed by atoms with Gasteiger partial charge in [-0.25, -0.2) is 4.68 Å². The smallest absolute Gasteiger partial charge is 0.103 e. The Kier molecular flexibility index (Phi) is 59.2. The highest BCUT2D eigenvalue weighted by Crippen LogP contribution is 2.17. The highest BCUT2D eigenvalue weighted by Gasteiger charge is 2.09. The summed E-state index contributed by atoms with van der Waals surface area (Å²) >= 11 is 0.